The van der Waals surface area contributed by atoms with Crippen molar-refractivity contribution >= 4 is 28.4 Å². The molecule has 0 aromatic heterocycles. The first-order valence-electron chi connectivity index (χ1n) is 3.73. The molecule has 2 atom stereocenters. The molecule has 0 radical (unpaired) electrons. The highest BCUT2D eigenvalue weighted by atomic mass is 32.2. The average Bonchev–Trinajstić information content (AvgIpc) is 2.01. The first kappa shape index (κ1) is 12.9. The lowest BCUT2D eigenvalue weighted by Crippen LogP contribution is -2.21. The van der Waals surface area contributed by atoms with E-state index in [2.05, 4.69) is 9.50 Å². The van der Waals surface area contributed by atoms with Gasteiger partial charge in [-0.2, -0.15) is 0 Å². The minimum absolute atomic E-state index is 0.0118. The zero-order valence-corrected chi connectivity index (χ0v) is 9.07. The maximum atomic E-state index is 10.9. The summed E-state index contributed by atoms with van der Waals surface area (Å²) in [5, 5.41) is 2.23. The Morgan fingerprint density at radius 3 is 2.85 bits per heavy atom. The number of hydrogen-bond acceptors (Lipinski definition) is 5. The van der Waals surface area contributed by atoms with Gasteiger partial charge in [0.15, 0.2) is 0 Å². The molecular weight excluding hydrogens is 214 g/mol. The second-order valence-corrected chi connectivity index (χ2v) is 4.29. The molecule has 0 rings (SSSR count). The van der Waals surface area contributed by atoms with Crippen LogP contribution in [-0.2, 0) is 15.5 Å². The largest absolute Gasteiger partial charge is 0.750 e. The SMILES string of the molecule is CCNC(=O)SC(C)COS(=O)[O-]. The fourth-order valence-electron chi connectivity index (χ4n) is 0.554. The molecule has 2 unspecified atom stereocenters. The first-order valence-corrected chi connectivity index (χ1v) is 5.61. The molecule has 13 heavy (non-hydrogen) atoms. The van der Waals surface area contributed by atoms with Crippen LogP contribution in [0.25, 0.3) is 0 Å². The van der Waals surface area contributed by atoms with Gasteiger partial charge in [0.2, 0.25) is 0 Å². The summed E-state index contributed by atoms with van der Waals surface area (Å²) in [7, 11) is 0. The fraction of sp³-hybridized carbons (Fsp3) is 0.833. The lowest BCUT2D eigenvalue weighted by Gasteiger charge is -2.11. The Morgan fingerprint density at radius 1 is 1.77 bits per heavy atom. The molecule has 0 aromatic rings. The van der Waals surface area contributed by atoms with E-state index in [1.165, 1.54) is 0 Å². The van der Waals surface area contributed by atoms with Gasteiger partial charge in [-0.3, -0.25) is 8.98 Å². The third-order valence-corrected chi connectivity index (χ3v) is 2.25. The third-order valence-electron chi connectivity index (χ3n) is 1.03. The third kappa shape index (κ3) is 8.23. The zero-order valence-electron chi connectivity index (χ0n) is 7.44. The molecule has 0 heterocycles. The van der Waals surface area contributed by atoms with E-state index in [9.17, 15) is 13.6 Å². The Balaban J connectivity index is 3.55. The lowest BCUT2D eigenvalue weighted by atomic mass is 10.5. The van der Waals surface area contributed by atoms with E-state index in [-0.39, 0.29) is 17.1 Å². The smallest absolute Gasteiger partial charge is 0.279 e. The minimum atomic E-state index is -2.50. The van der Waals surface area contributed by atoms with Crippen molar-refractivity contribution in [2.75, 3.05) is 13.2 Å². The summed E-state index contributed by atoms with van der Waals surface area (Å²) in [4.78, 5) is 10.9. The van der Waals surface area contributed by atoms with Crippen molar-refractivity contribution < 1.29 is 17.7 Å². The monoisotopic (exact) mass is 226 g/mol. The second kappa shape index (κ2) is 7.31. The van der Waals surface area contributed by atoms with Crippen LogP contribution in [0.15, 0.2) is 0 Å². The first-order chi connectivity index (χ1) is 6.06. The number of carbonyl (C=O) groups is 1. The van der Waals surface area contributed by atoms with Gasteiger partial charge < -0.3 is 9.87 Å². The molecule has 0 bridgehead atoms. The molecular formula is C6H12NO4S2-. The highest BCUT2D eigenvalue weighted by Crippen LogP contribution is 2.11. The van der Waals surface area contributed by atoms with Crippen LogP contribution in [0.2, 0.25) is 0 Å². The van der Waals surface area contributed by atoms with Crippen molar-refractivity contribution in [1.29, 1.82) is 0 Å². The fourth-order valence-corrected chi connectivity index (χ4v) is 1.68. The molecule has 1 N–H and O–H groups in total. The van der Waals surface area contributed by atoms with Crippen molar-refractivity contribution in [3.05, 3.63) is 0 Å². The molecule has 0 spiro atoms. The van der Waals surface area contributed by atoms with Crippen LogP contribution in [0.1, 0.15) is 13.8 Å². The van der Waals surface area contributed by atoms with Gasteiger partial charge in [0, 0.05) is 11.8 Å². The van der Waals surface area contributed by atoms with Crippen molar-refractivity contribution in [2.45, 2.75) is 19.1 Å². The minimum Gasteiger partial charge on any atom is -0.750 e. The van der Waals surface area contributed by atoms with Gasteiger partial charge in [-0.1, -0.05) is 18.7 Å². The highest BCUT2D eigenvalue weighted by molar-refractivity contribution is 8.14. The van der Waals surface area contributed by atoms with E-state index < -0.39 is 11.4 Å². The van der Waals surface area contributed by atoms with Gasteiger partial charge in [0.05, 0.1) is 18.0 Å². The Hall–Kier alpha value is -0.110. The Bertz CT molecular complexity index is 187. The summed E-state index contributed by atoms with van der Waals surface area (Å²) >= 11 is -1.48. The van der Waals surface area contributed by atoms with Crippen molar-refractivity contribution in [3.8, 4) is 0 Å². The van der Waals surface area contributed by atoms with Crippen LogP contribution < -0.4 is 5.32 Å². The van der Waals surface area contributed by atoms with Crippen molar-refractivity contribution in [2.24, 2.45) is 0 Å². The normalized spacial score (nSPS) is 15.0. The van der Waals surface area contributed by atoms with E-state index in [1.54, 1.807) is 6.92 Å². The van der Waals surface area contributed by atoms with Crippen molar-refractivity contribution in [3.63, 3.8) is 0 Å². The summed E-state index contributed by atoms with van der Waals surface area (Å²) in [6, 6.07) is 0. The van der Waals surface area contributed by atoms with E-state index in [0.717, 1.165) is 11.8 Å². The molecule has 1 amide bonds. The number of carbonyl (C=O) groups excluding carboxylic acids is 1. The summed E-state index contributed by atoms with van der Waals surface area (Å²) < 4.78 is 24.3. The van der Waals surface area contributed by atoms with Crippen LogP contribution in [0.4, 0.5) is 4.79 Å². The lowest BCUT2D eigenvalue weighted by molar-refractivity contribution is 0.260. The molecule has 0 fully saturated rings. The van der Waals surface area contributed by atoms with Gasteiger partial charge in [0.1, 0.15) is 0 Å². The topological polar surface area (TPSA) is 78.5 Å². The number of hydrogen-bond donors (Lipinski definition) is 1. The standard InChI is InChI=1S/C6H13NO4S2/c1-3-7-6(8)12-5(2)4-11-13(9)10/h5H,3-4H2,1-2H3,(H,7,8)(H,9,10)/p-1. The number of rotatable bonds is 5. The molecule has 0 aliphatic carbocycles. The zero-order chi connectivity index (χ0) is 10.3. The maximum absolute atomic E-state index is 10.9. The second-order valence-electron chi connectivity index (χ2n) is 2.23. The van der Waals surface area contributed by atoms with Gasteiger partial charge in [-0.05, 0) is 6.92 Å². The molecule has 0 saturated carbocycles. The van der Waals surface area contributed by atoms with Crippen LogP contribution in [-0.4, -0.2) is 32.4 Å². The van der Waals surface area contributed by atoms with Crippen LogP contribution in [0.5, 0.6) is 0 Å². The van der Waals surface area contributed by atoms with Crippen LogP contribution in [0.3, 0.4) is 0 Å². The van der Waals surface area contributed by atoms with Gasteiger partial charge in [0.25, 0.3) is 5.24 Å². The van der Waals surface area contributed by atoms with E-state index in [4.69, 9.17) is 0 Å². The molecule has 7 heteroatoms. The predicted octanol–water partition coefficient (Wildman–Crippen LogP) is 0.648. The predicted molar refractivity (Wildman–Crippen MR) is 51.0 cm³/mol. The molecule has 0 aliphatic rings. The molecule has 78 valence electrons. The average molecular weight is 226 g/mol. The van der Waals surface area contributed by atoms with Crippen LogP contribution in [0, 0.1) is 0 Å². The van der Waals surface area contributed by atoms with Gasteiger partial charge in [-0.25, -0.2) is 4.21 Å². The van der Waals surface area contributed by atoms with Crippen LogP contribution >= 0.6 is 11.8 Å². The summed E-state index contributed by atoms with van der Waals surface area (Å²) in [5.74, 6) is 0. The molecule has 0 saturated heterocycles. The van der Waals surface area contributed by atoms with Crippen molar-refractivity contribution in [1.82, 2.24) is 5.32 Å². The van der Waals surface area contributed by atoms with E-state index in [1.807, 2.05) is 6.92 Å². The van der Waals surface area contributed by atoms with Gasteiger partial charge >= 0.3 is 0 Å². The quantitative estimate of drug-likeness (QED) is 0.696. The molecule has 0 aromatic carbocycles. The van der Waals surface area contributed by atoms with Gasteiger partial charge in [-0.15, -0.1) is 0 Å². The van der Waals surface area contributed by atoms with E-state index >= 15 is 0 Å². The Labute approximate surface area is 84.1 Å². The number of nitrogens with one attached hydrogen (secondary N) is 1. The number of amides is 1. The maximum Gasteiger partial charge on any atom is 0.279 e. The molecule has 5 nitrogen and oxygen atoms in total. The Kier molecular flexibility index (Phi) is 7.25. The van der Waals surface area contributed by atoms with E-state index in [0.29, 0.717) is 6.54 Å². The summed E-state index contributed by atoms with van der Waals surface area (Å²) in [6.45, 7) is 4.10. The summed E-state index contributed by atoms with van der Waals surface area (Å²) in [6.07, 6.45) is 0. The molecule has 0 aliphatic heterocycles. The summed E-state index contributed by atoms with van der Waals surface area (Å²) in [5.41, 5.74) is 0. The Morgan fingerprint density at radius 2 is 2.38 bits per heavy atom. The highest BCUT2D eigenvalue weighted by Gasteiger charge is 2.08. The number of thioether (sulfide) groups is 1.